The van der Waals surface area contributed by atoms with E-state index in [9.17, 15) is 14.0 Å². The van der Waals surface area contributed by atoms with Crippen molar-refractivity contribution in [2.24, 2.45) is 7.05 Å². The van der Waals surface area contributed by atoms with Gasteiger partial charge in [-0.25, -0.2) is 14.1 Å². The average molecular weight is 458 g/mol. The number of thiazole rings is 1. The van der Waals surface area contributed by atoms with E-state index in [0.717, 1.165) is 22.6 Å². The van der Waals surface area contributed by atoms with Gasteiger partial charge in [0.1, 0.15) is 15.7 Å². The number of aryl methyl sites for hydroxylation is 3. The average Bonchev–Trinajstić information content (AvgIpc) is 3.14. The van der Waals surface area contributed by atoms with Crippen molar-refractivity contribution in [1.29, 1.82) is 0 Å². The van der Waals surface area contributed by atoms with Gasteiger partial charge in [-0.15, -0.1) is 11.3 Å². The Hall–Kier alpha value is -3.11. The SMILES string of the molecule is Cc1nc(-c2c(C)c(C)nn(C)c2=O)sc1C(=O)Nc1ccc(N2CCOCC2)c(F)c1. The number of rotatable bonds is 4. The molecule has 0 atom stereocenters. The Morgan fingerprint density at radius 3 is 2.59 bits per heavy atom. The topological polar surface area (TPSA) is 89.3 Å². The molecule has 32 heavy (non-hydrogen) atoms. The summed E-state index contributed by atoms with van der Waals surface area (Å²) in [6.07, 6.45) is 0. The molecule has 1 saturated heterocycles. The van der Waals surface area contributed by atoms with Gasteiger partial charge in [0.15, 0.2) is 0 Å². The maximum atomic E-state index is 14.7. The number of ether oxygens (including phenoxy) is 1. The Morgan fingerprint density at radius 1 is 1.19 bits per heavy atom. The van der Waals surface area contributed by atoms with Crippen LogP contribution in [0.4, 0.5) is 15.8 Å². The van der Waals surface area contributed by atoms with Crippen LogP contribution in [-0.2, 0) is 11.8 Å². The molecule has 1 aromatic carbocycles. The summed E-state index contributed by atoms with van der Waals surface area (Å²) in [5.41, 5.74) is 2.96. The molecule has 3 heterocycles. The number of benzene rings is 1. The van der Waals surface area contributed by atoms with Crippen LogP contribution in [0.15, 0.2) is 23.0 Å². The molecule has 3 aromatic rings. The Labute approximate surface area is 188 Å². The minimum atomic E-state index is -0.405. The molecule has 1 fully saturated rings. The number of nitrogens with one attached hydrogen (secondary N) is 1. The standard InChI is InChI=1S/C22H24FN5O3S/c1-12-13(2)26-27(4)22(30)18(12)21-24-14(3)19(32-21)20(29)25-15-5-6-17(16(23)11-15)28-7-9-31-10-8-28/h5-6,11H,7-10H2,1-4H3,(H,25,29). The van der Waals surface area contributed by atoms with Crippen molar-refractivity contribution in [3.63, 3.8) is 0 Å². The molecule has 0 aliphatic carbocycles. The molecule has 0 saturated carbocycles. The van der Waals surface area contributed by atoms with Gasteiger partial charge in [0.2, 0.25) is 0 Å². The molecule has 8 nitrogen and oxygen atoms in total. The van der Waals surface area contributed by atoms with Crippen molar-refractivity contribution in [3.05, 3.63) is 56.2 Å². The van der Waals surface area contributed by atoms with Crippen LogP contribution in [0.25, 0.3) is 10.6 Å². The predicted molar refractivity (Wildman–Crippen MR) is 122 cm³/mol. The first-order valence-corrected chi connectivity index (χ1v) is 11.0. The molecule has 2 aromatic heterocycles. The van der Waals surface area contributed by atoms with E-state index in [4.69, 9.17) is 4.74 Å². The molecule has 1 N–H and O–H groups in total. The zero-order chi connectivity index (χ0) is 23.0. The number of carbonyl (C=O) groups excluding carboxylic acids is 1. The van der Waals surface area contributed by atoms with Gasteiger partial charge in [-0.2, -0.15) is 5.10 Å². The van der Waals surface area contributed by atoms with Crippen LogP contribution in [0.3, 0.4) is 0 Å². The molecule has 1 amide bonds. The third kappa shape index (κ3) is 4.15. The lowest BCUT2D eigenvalue weighted by Gasteiger charge is -2.29. The summed E-state index contributed by atoms with van der Waals surface area (Å²) < 4.78 is 21.3. The van der Waals surface area contributed by atoms with Gasteiger partial charge in [0.25, 0.3) is 11.5 Å². The molecule has 1 aliphatic rings. The Kier molecular flexibility index (Phi) is 6.07. The van der Waals surface area contributed by atoms with E-state index in [0.29, 0.717) is 58.8 Å². The molecular weight excluding hydrogens is 433 g/mol. The van der Waals surface area contributed by atoms with Crippen LogP contribution < -0.4 is 15.8 Å². The predicted octanol–water partition coefficient (Wildman–Crippen LogP) is 3.06. The van der Waals surface area contributed by atoms with Crippen LogP contribution >= 0.6 is 11.3 Å². The highest BCUT2D eigenvalue weighted by Crippen LogP contribution is 2.30. The van der Waals surface area contributed by atoms with Gasteiger partial charge in [-0.1, -0.05) is 0 Å². The first-order chi connectivity index (χ1) is 15.3. The highest BCUT2D eigenvalue weighted by atomic mass is 32.1. The van der Waals surface area contributed by atoms with Crippen LogP contribution in [0.1, 0.15) is 26.6 Å². The number of aromatic nitrogens is 3. The van der Waals surface area contributed by atoms with Crippen molar-refractivity contribution < 1.29 is 13.9 Å². The second kappa shape index (κ2) is 8.79. The highest BCUT2D eigenvalue weighted by molar-refractivity contribution is 7.17. The monoisotopic (exact) mass is 457 g/mol. The van der Waals surface area contributed by atoms with Crippen molar-refractivity contribution in [3.8, 4) is 10.6 Å². The van der Waals surface area contributed by atoms with Gasteiger partial charge in [-0.05, 0) is 44.5 Å². The molecule has 0 unspecified atom stereocenters. The largest absolute Gasteiger partial charge is 0.378 e. The molecule has 0 bridgehead atoms. The fourth-order valence-electron chi connectivity index (χ4n) is 3.65. The molecule has 0 spiro atoms. The Bertz CT molecular complexity index is 1250. The van der Waals surface area contributed by atoms with E-state index in [1.807, 2.05) is 18.7 Å². The maximum absolute atomic E-state index is 14.7. The van der Waals surface area contributed by atoms with E-state index in [1.165, 1.54) is 10.7 Å². The highest BCUT2D eigenvalue weighted by Gasteiger charge is 2.22. The summed E-state index contributed by atoms with van der Waals surface area (Å²) in [5, 5.41) is 7.39. The first kappa shape index (κ1) is 22.1. The number of hydrogen-bond acceptors (Lipinski definition) is 7. The van der Waals surface area contributed by atoms with E-state index in [2.05, 4.69) is 15.4 Å². The fourth-order valence-corrected chi connectivity index (χ4v) is 4.70. The first-order valence-electron chi connectivity index (χ1n) is 10.2. The van der Waals surface area contributed by atoms with Crippen LogP contribution in [0.2, 0.25) is 0 Å². The van der Waals surface area contributed by atoms with Gasteiger partial charge in [0, 0.05) is 25.8 Å². The van der Waals surface area contributed by atoms with Crippen LogP contribution in [-0.4, -0.2) is 47.0 Å². The third-order valence-corrected chi connectivity index (χ3v) is 6.67. The fraction of sp³-hybridized carbons (Fsp3) is 0.364. The quantitative estimate of drug-likeness (QED) is 0.648. The molecule has 1 aliphatic heterocycles. The molecule has 10 heteroatoms. The van der Waals surface area contributed by atoms with E-state index in [-0.39, 0.29) is 5.56 Å². The van der Waals surface area contributed by atoms with E-state index in [1.54, 1.807) is 26.1 Å². The zero-order valence-corrected chi connectivity index (χ0v) is 19.2. The van der Waals surface area contributed by atoms with Crippen molar-refractivity contribution in [2.75, 3.05) is 36.5 Å². The van der Waals surface area contributed by atoms with Gasteiger partial charge < -0.3 is 15.0 Å². The summed E-state index contributed by atoms with van der Waals surface area (Å²) in [5.74, 6) is -0.803. The minimum absolute atomic E-state index is 0.269. The Morgan fingerprint density at radius 2 is 1.91 bits per heavy atom. The molecule has 168 valence electrons. The van der Waals surface area contributed by atoms with Gasteiger partial charge >= 0.3 is 0 Å². The number of anilines is 2. The normalized spacial score (nSPS) is 14.0. The number of hydrogen-bond donors (Lipinski definition) is 1. The molecular formula is C22H24FN5O3S. The number of carbonyl (C=O) groups is 1. The summed E-state index contributed by atoms with van der Waals surface area (Å²) >= 11 is 1.14. The van der Waals surface area contributed by atoms with Crippen LogP contribution in [0, 0.1) is 26.6 Å². The smallest absolute Gasteiger partial charge is 0.277 e. The van der Waals surface area contributed by atoms with Crippen molar-refractivity contribution in [1.82, 2.24) is 14.8 Å². The second-order valence-electron chi connectivity index (χ2n) is 7.67. The summed E-state index contributed by atoms with van der Waals surface area (Å²) in [6, 6.07) is 4.65. The van der Waals surface area contributed by atoms with Crippen molar-refractivity contribution in [2.45, 2.75) is 20.8 Å². The maximum Gasteiger partial charge on any atom is 0.277 e. The lowest BCUT2D eigenvalue weighted by Crippen LogP contribution is -2.36. The zero-order valence-electron chi connectivity index (χ0n) is 18.4. The lowest BCUT2D eigenvalue weighted by atomic mass is 10.1. The second-order valence-corrected chi connectivity index (χ2v) is 8.67. The van der Waals surface area contributed by atoms with Gasteiger partial charge in [-0.3, -0.25) is 9.59 Å². The summed E-state index contributed by atoms with van der Waals surface area (Å²) in [4.78, 5) is 32.3. The number of nitrogens with zero attached hydrogens (tertiary/aromatic N) is 4. The van der Waals surface area contributed by atoms with Gasteiger partial charge in [0.05, 0.1) is 35.9 Å². The summed E-state index contributed by atoms with van der Waals surface area (Å²) in [7, 11) is 1.58. The van der Waals surface area contributed by atoms with Crippen LogP contribution in [0.5, 0.6) is 0 Å². The lowest BCUT2D eigenvalue weighted by molar-refractivity contribution is 0.103. The number of amides is 1. The molecule has 0 radical (unpaired) electrons. The molecule has 4 rings (SSSR count). The van der Waals surface area contributed by atoms with E-state index < -0.39 is 11.7 Å². The number of halogens is 1. The minimum Gasteiger partial charge on any atom is -0.378 e. The Balaban J connectivity index is 1.59. The summed E-state index contributed by atoms with van der Waals surface area (Å²) in [6.45, 7) is 7.72. The number of morpholine rings is 1. The van der Waals surface area contributed by atoms with E-state index >= 15 is 0 Å². The third-order valence-electron chi connectivity index (χ3n) is 5.50. The van der Waals surface area contributed by atoms with Crippen molar-refractivity contribution >= 4 is 28.6 Å².